The van der Waals surface area contributed by atoms with Gasteiger partial charge in [-0.2, -0.15) is 0 Å². The zero-order valence-corrected chi connectivity index (χ0v) is 19.6. The van der Waals surface area contributed by atoms with E-state index in [1.54, 1.807) is 12.2 Å². The summed E-state index contributed by atoms with van der Waals surface area (Å²) in [5, 5.41) is 15.3. The van der Waals surface area contributed by atoms with Crippen molar-refractivity contribution >= 4 is 17.5 Å². The van der Waals surface area contributed by atoms with E-state index < -0.39 is 22.9 Å². The van der Waals surface area contributed by atoms with Crippen LogP contribution in [0.2, 0.25) is 0 Å². The summed E-state index contributed by atoms with van der Waals surface area (Å²) in [6.07, 6.45) is 8.13. The van der Waals surface area contributed by atoms with Gasteiger partial charge in [0.2, 0.25) is 0 Å². The highest BCUT2D eigenvalue weighted by Gasteiger charge is 2.75. The maximum Gasteiger partial charge on any atom is 0.303 e. The topological polar surface area (TPSA) is 92.7 Å². The Labute approximate surface area is 189 Å². The van der Waals surface area contributed by atoms with E-state index in [0.717, 1.165) is 31.4 Å². The van der Waals surface area contributed by atoms with Crippen molar-refractivity contribution in [1.82, 2.24) is 5.32 Å². The number of Topliss-reactive ketones (excluding diaryl/α,β-unsaturated/α-hetero) is 1. The van der Waals surface area contributed by atoms with Gasteiger partial charge in [-0.3, -0.25) is 14.4 Å². The summed E-state index contributed by atoms with van der Waals surface area (Å²) in [6, 6.07) is 0. The molecule has 3 saturated carbocycles. The number of hydrogen-bond acceptors (Lipinski definition) is 6. The highest BCUT2D eigenvalue weighted by atomic mass is 16.5. The molecule has 2 N–H and O–H groups in total. The van der Waals surface area contributed by atoms with Gasteiger partial charge in [-0.1, -0.05) is 32.4 Å². The van der Waals surface area contributed by atoms with Gasteiger partial charge in [0, 0.05) is 24.3 Å². The molecule has 4 aliphatic carbocycles. The maximum atomic E-state index is 13.6. The zero-order valence-electron chi connectivity index (χ0n) is 19.6. The van der Waals surface area contributed by atoms with Crippen LogP contribution in [-0.4, -0.2) is 48.4 Å². The number of hydrogen-bond donors (Lipinski definition) is 2. The Bertz CT molecular complexity index is 954. The smallest absolute Gasteiger partial charge is 0.303 e. The SMILES string of the molecule is CC(=O)OCC(=O)[C@@]12CNC[C@@H]1C[C@H]1[C@@H]3CCC4=CC(=O)C=C[C@]4(C)[C@@]3(C)[C@@H](O)C[C@@]12C. The molecule has 174 valence electrons. The quantitative estimate of drug-likeness (QED) is 0.654. The summed E-state index contributed by atoms with van der Waals surface area (Å²) in [7, 11) is 0. The fraction of sp³-hybridized carbons (Fsp3) is 0.731. The third-order valence-electron chi connectivity index (χ3n) is 10.7. The molecule has 0 spiro atoms. The lowest BCUT2D eigenvalue weighted by Crippen LogP contribution is -2.65. The van der Waals surface area contributed by atoms with Gasteiger partial charge in [-0.25, -0.2) is 0 Å². The molecule has 0 amide bonds. The summed E-state index contributed by atoms with van der Waals surface area (Å²) in [5.41, 5.74) is -0.620. The molecule has 5 rings (SSSR count). The standard InChI is InChI=1S/C26H35NO5/c1-15(28)32-13-22(31)26-14-27-12-17(26)10-20-19-6-5-16-9-18(29)7-8-23(16,2)25(19,4)21(30)11-24(20,26)3/h7-9,17,19-21,27,30H,5-6,10-14H2,1-4H3/t17-,19-,20-,21-,23-,24-,25+,26+/m0/s1. The lowest BCUT2D eigenvalue weighted by atomic mass is 9.39. The largest absolute Gasteiger partial charge is 0.458 e. The van der Waals surface area contributed by atoms with Crippen LogP contribution in [0.15, 0.2) is 23.8 Å². The predicted octanol–water partition coefficient (Wildman–Crippen LogP) is 2.60. The molecule has 5 aliphatic rings. The number of aliphatic hydroxyl groups excluding tert-OH is 1. The van der Waals surface area contributed by atoms with Gasteiger partial charge < -0.3 is 15.2 Å². The van der Waals surface area contributed by atoms with Crippen LogP contribution in [0.3, 0.4) is 0 Å². The maximum absolute atomic E-state index is 13.6. The van der Waals surface area contributed by atoms with Crippen molar-refractivity contribution in [2.45, 2.75) is 59.5 Å². The van der Waals surface area contributed by atoms with Crippen LogP contribution in [0.5, 0.6) is 0 Å². The van der Waals surface area contributed by atoms with Crippen LogP contribution in [0.25, 0.3) is 0 Å². The number of carbonyl (C=O) groups is 3. The molecular weight excluding hydrogens is 406 g/mol. The molecule has 32 heavy (non-hydrogen) atoms. The van der Waals surface area contributed by atoms with Crippen LogP contribution in [0.1, 0.15) is 53.4 Å². The first-order chi connectivity index (χ1) is 15.0. The molecular formula is C26H35NO5. The Morgan fingerprint density at radius 3 is 2.72 bits per heavy atom. The average Bonchev–Trinajstić information content (AvgIpc) is 3.25. The monoisotopic (exact) mass is 441 g/mol. The Morgan fingerprint density at radius 1 is 1.25 bits per heavy atom. The van der Waals surface area contributed by atoms with Gasteiger partial charge in [0.1, 0.15) is 0 Å². The first kappa shape index (κ1) is 22.0. The number of allylic oxidation sites excluding steroid dienone is 4. The normalized spacial score (nSPS) is 48.9. The third-order valence-corrected chi connectivity index (χ3v) is 10.7. The molecule has 0 radical (unpaired) electrons. The number of nitrogens with one attached hydrogen (secondary N) is 1. The fourth-order valence-electron chi connectivity index (χ4n) is 8.90. The number of ether oxygens (including phenoxy) is 1. The number of esters is 1. The van der Waals surface area contributed by atoms with Gasteiger partial charge in [-0.15, -0.1) is 0 Å². The molecule has 0 aromatic carbocycles. The number of aliphatic hydroxyl groups is 1. The Morgan fingerprint density at radius 2 is 2.00 bits per heavy atom. The van der Waals surface area contributed by atoms with Crippen molar-refractivity contribution in [3.05, 3.63) is 23.8 Å². The van der Waals surface area contributed by atoms with E-state index in [2.05, 4.69) is 26.1 Å². The first-order valence-electron chi connectivity index (χ1n) is 12.0. The summed E-state index contributed by atoms with van der Waals surface area (Å²) >= 11 is 0. The second-order valence-corrected chi connectivity index (χ2v) is 11.5. The van der Waals surface area contributed by atoms with Crippen molar-refractivity contribution in [3.63, 3.8) is 0 Å². The average molecular weight is 442 g/mol. The van der Waals surface area contributed by atoms with Crippen LogP contribution in [0, 0.1) is 39.4 Å². The van der Waals surface area contributed by atoms with Crippen LogP contribution in [-0.2, 0) is 19.1 Å². The molecule has 0 unspecified atom stereocenters. The highest BCUT2D eigenvalue weighted by Crippen LogP contribution is 2.75. The lowest BCUT2D eigenvalue weighted by Gasteiger charge is -2.66. The molecule has 0 aromatic rings. The summed E-state index contributed by atoms with van der Waals surface area (Å²) < 4.78 is 5.17. The zero-order chi connectivity index (χ0) is 23.1. The van der Waals surface area contributed by atoms with E-state index in [-0.39, 0.29) is 40.8 Å². The van der Waals surface area contributed by atoms with E-state index >= 15 is 0 Å². The fourth-order valence-corrected chi connectivity index (χ4v) is 8.90. The van der Waals surface area contributed by atoms with E-state index in [0.29, 0.717) is 18.9 Å². The summed E-state index contributed by atoms with van der Waals surface area (Å²) in [4.78, 5) is 37.1. The van der Waals surface area contributed by atoms with Gasteiger partial charge in [-0.05, 0) is 67.5 Å². The molecule has 0 aromatic heterocycles. The van der Waals surface area contributed by atoms with Crippen LogP contribution >= 0.6 is 0 Å². The molecule has 8 atom stereocenters. The highest BCUT2D eigenvalue weighted by molar-refractivity contribution is 6.01. The van der Waals surface area contributed by atoms with Crippen molar-refractivity contribution in [2.75, 3.05) is 19.7 Å². The lowest BCUT2D eigenvalue weighted by molar-refractivity contribution is -0.191. The second-order valence-electron chi connectivity index (χ2n) is 11.5. The van der Waals surface area contributed by atoms with Crippen molar-refractivity contribution < 1.29 is 24.2 Å². The number of fused-ring (bicyclic) bond motifs is 7. The van der Waals surface area contributed by atoms with Crippen molar-refractivity contribution in [2.24, 2.45) is 39.4 Å². The molecule has 1 saturated heterocycles. The summed E-state index contributed by atoms with van der Waals surface area (Å²) in [5.74, 6) is 0.323. The third kappa shape index (κ3) is 2.46. The Kier molecular flexibility index (Phi) is 4.72. The summed E-state index contributed by atoms with van der Waals surface area (Å²) in [6.45, 7) is 9.09. The Balaban J connectivity index is 1.57. The van der Waals surface area contributed by atoms with Crippen LogP contribution < -0.4 is 5.32 Å². The first-order valence-corrected chi connectivity index (χ1v) is 12.0. The van der Waals surface area contributed by atoms with Gasteiger partial charge in [0.05, 0.1) is 11.5 Å². The molecule has 6 nitrogen and oxygen atoms in total. The van der Waals surface area contributed by atoms with Gasteiger partial charge >= 0.3 is 5.97 Å². The van der Waals surface area contributed by atoms with E-state index in [1.807, 2.05) is 6.08 Å². The molecule has 1 heterocycles. The molecule has 6 heteroatoms. The minimum atomic E-state index is -0.620. The van der Waals surface area contributed by atoms with Gasteiger partial charge in [0.15, 0.2) is 18.2 Å². The minimum absolute atomic E-state index is 0.00531. The number of carbonyl (C=O) groups excluding carboxylic acids is 3. The number of rotatable bonds is 3. The van der Waals surface area contributed by atoms with E-state index in [1.165, 1.54) is 6.92 Å². The van der Waals surface area contributed by atoms with E-state index in [9.17, 15) is 19.5 Å². The van der Waals surface area contributed by atoms with Gasteiger partial charge in [0.25, 0.3) is 0 Å². The molecule has 1 aliphatic heterocycles. The van der Waals surface area contributed by atoms with E-state index in [4.69, 9.17) is 4.74 Å². The Hall–Kier alpha value is -1.79. The molecule has 4 fully saturated rings. The molecule has 0 bridgehead atoms. The van der Waals surface area contributed by atoms with Crippen LogP contribution in [0.4, 0.5) is 0 Å². The predicted molar refractivity (Wildman–Crippen MR) is 118 cm³/mol. The van der Waals surface area contributed by atoms with Crippen molar-refractivity contribution in [1.29, 1.82) is 0 Å². The minimum Gasteiger partial charge on any atom is -0.458 e. The number of ketones is 2. The second kappa shape index (κ2) is 6.86. The van der Waals surface area contributed by atoms with Crippen molar-refractivity contribution in [3.8, 4) is 0 Å².